The fraction of sp³-hybridized carbons (Fsp3) is 0.975. The zero-order valence-corrected chi connectivity index (χ0v) is 30.0. The quantitative estimate of drug-likeness (QED) is 0.0508. The van der Waals surface area contributed by atoms with Crippen molar-refractivity contribution in [1.29, 1.82) is 0 Å². The minimum absolute atomic E-state index is 0.158. The van der Waals surface area contributed by atoms with Gasteiger partial charge in [0.15, 0.2) is 0 Å². The Morgan fingerprint density at radius 2 is 0.867 bits per heavy atom. The first-order valence-corrected chi connectivity index (χ1v) is 20.0. The molecule has 270 valence electrons. The molecule has 0 aliphatic carbocycles. The van der Waals surface area contributed by atoms with Gasteiger partial charge in [0.25, 0.3) is 0 Å². The molecule has 1 amide bonds. The van der Waals surface area contributed by atoms with Crippen LogP contribution >= 0.6 is 0 Å². The van der Waals surface area contributed by atoms with Crippen molar-refractivity contribution in [3.8, 4) is 0 Å². The van der Waals surface area contributed by atoms with Crippen molar-refractivity contribution in [3.63, 3.8) is 0 Å². The Labute approximate surface area is 285 Å². The molecule has 0 aromatic heterocycles. The van der Waals surface area contributed by atoms with E-state index in [9.17, 15) is 20.1 Å². The summed E-state index contributed by atoms with van der Waals surface area (Å²) in [5.74, 6) is -0.158. The van der Waals surface area contributed by atoms with Crippen molar-refractivity contribution in [2.75, 3.05) is 6.61 Å². The van der Waals surface area contributed by atoms with Gasteiger partial charge in [-0.05, 0) is 12.8 Å². The number of hydrogen-bond acceptors (Lipinski definition) is 4. The Morgan fingerprint density at radius 1 is 0.533 bits per heavy atom. The van der Waals surface area contributed by atoms with Gasteiger partial charge in [-0.1, -0.05) is 206 Å². The average molecular weight is 643 g/mol. The molecule has 4 N–H and O–H groups in total. The van der Waals surface area contributed by atoms with E-state index in [0.717, 1.165) is 51.4 Å². The smallest absolute Gasteiger partial charge is 0.220 e. The lowest BCUT2D eigenvalue weighted by Crippen LogP contribution is -2.50. The van der Waals surface area contributed by atoms with Gasteiger partial charge in [-0.3, -0.25) is 4.79 Å². The molecule has 0 bridgehead atoms. The molecule has 0 aliphatic heterocycles. The highest BCUT2D eigenvalue weighted by Gasteiger charge is 2.26. The summed E-state index contributed by atoms with van der Waals surface area (Å²) in [6, 6.07) is -0.817. The molecule has 0 aliphatic rings. The molecule has 5 nitrogen and oxygen atoms in total. The highest BCUT2D eigenvalue weighted by molar-refractivity contribution is 5.76. The van der Waals surface area contributed by atoms with E-state index in [1.54, 1.807) is 0 Å². The molecule has 0 radical (unpaired) electrons. The molecular formula is C40H81NO4. The average Bonchev–Trinajstić information content (AvgIpc) is 3.05. The van der Waals surface area contributed by atoms with Gasteiger partial charge in [-0.25, -0.2) is 0 Å². The van der Waals surface area contributed by atoms with Crippen molar-refractivity contribution in [3.05, 3.63) is 0 Å². The van der Waals surface area contributed by atoms with Crippen LogP contribution in [-0.2, 0) is 4.79 Å². The molecule has 3 atom stereocenters. The van der Waals surface area contributed by atoms with Crippen LogP contribution in [0.1, 0.15) is 230 Å². The van der Waals surface area contributed by atoms with E-state index < -0.39 is 25.1 Å². The lowest BCUT2D eigenvalue weighted by Gasteiger charge is -2.26. The normalized spacial score (nSPS) is 14.9. The summed E-state index contributed by atoms with van der Waals surface area (Å²) in [7, 11) is 0. The maximum absolute atomic E-state index is 12.4. The third-order valence-corrected chi connectivity index (χ3v) is 9.53. The summed E-state index contributed by atoms with van der Waals surface area (Å²) in [4.78, 5) is 12.4. The molecule has 0 aromatic rings. The van der Waals surface area contributed by atoms with Gasteiger partial charge in [0, 0.05) is 10.5 Å². The summed E-state index contributed by atoms with van der Waals surface area (Å²) >= 11 is 0. The van der Waals surface area contributed by atoms with Crippen molar-refractivity contribution in [2.45, 2.75) is 244 Å². The second-order valence-electron chi connectivity index (χ2n) is 14.0. The van der Waals surface area contributed by atoms with Gasteiger partial charge in [-0.15, -0.1) is 0 Å². The SMILES string of the molecule is [2H]C([2H])([2H])CCCCCCCCCCCCCCCCCCCCC(=O)N[C@@H](CO)[C@H](O)[C@H](O)CCCCCCCCCCCCCC. The van der Waals surface area contributed by atoms with Crippen LogP contribution < -0.4 is 5.32 Å². The summed E-state index contributed by atoms with van der Waals surface area (Å²) in [6.45, 7) is 0.127. The van der Waals surface area contributed by atoms with Crippen molar-refractivity contribution in [1.82, 2.24) is 5.32 Å². The maximum Gasteiger partial charge on any atom is 0.220 e. The van der Waals surface area contributed by atoms with E-state index in [-0.39, 0.29) is 12.5 Å². The van der Waals surface area contributed by atoms with E-state index in [1.165, 1.54) is 141 Å². The predicted molar refractivity (Wildman–Crippen MR) is 195 cm³/mol. The van der Waals surface area contributed by atoms with Gasteiger partial charge in [0.1, 0.15) is 6.10 Å². The Bertz CT molecular complexity index is 679. The summed E-state index contributed by atoms with van der Waals surface area (Å²) < 4.78 is 21.7. The van der Waals surface area contributed by atoms with Gasteiger partial charge in [0.2, 0.25) is 5.91 Å². The zero-order valence-electron chi connectivity index (χ0n) is 33.0. The maximum atomic E-state index is 12.4. The highest BCUT2D eigenvalue weighted by atomic mass is 16.3. The summed E-state index contributed by atoms with van der Waals surface area (Å²) in [5, 5.41) is 33.4. The first-order chi connectivity index (χ1) is 23.2. The number of carbonyl (C=O) groups is 1. The number of amides is 1. The Hall–Kier alpha value is -0.650. The number of hydrogen-bond donors (Lipinski definition) is 4. The molecule has 45 heavy (non-hydrogen) atoms. The molecule has 0 fully saturated rings. The van der Waals surface area contributed by atoms with E-state index in [1.807, 2.05) is 0 Å². The molecule has 0 spiro atoms. The standard InChI is InChI=1S/C40H81NO4/c1-3-5-7-9-11-13-15-17-18-19-20-21-22-23-25-27-29-31-33-35-39(44)41-37(36-42)40(45)38(43)34-32-30-28-26-24-16-14-12-10-8-6-4-2/h37-38,40,42-43,45H,3-36H2,1-2H3,(H,41,44)/t37-,38+,40-/m0/s1/i1D3. The van der Waals surface area contributed by atoms with E-state index in [2.05, 4.69) is 12.2 Å². The molecule has 0 heterocycles. The third-order valence-electron chi connectivity index (χ3n) is 9.53. The largest absolute Gasteiger partial charge is 0.394 e. The Balaban J connectivity index is 3.57. The summed E-state index contributed by atoms with van der Waals surface area (Å²) in [6.07, 6.45) is 35.8. The molecule has 0 aromatic carbocycles. The van der Waals surface area contributed by atoms with Crippen LogP contribution in [0.5, 0.6) is 0 Å². The van der Waals surface area contributed by atoms with Crippen molar-refractivity contribution < 1.29 is 24.2 Å². The molecular weight excluding hydrogens is 558 g/mol. The van der Waals surface area contributed by atoms with Crippen LogP contribution in [-0.4, -0.2) is 46.1 Å². The number of aliphatic hydroxyl groups excluding tert-OH is 3. The second kappa shape index (κ2) is 36.2. The predicted octanol–water partition coefficient (Wildman–Crippen LogP) is 11.1. The van der Waals surface area contributed by atoms with E-state index >= 15 is 0 Å². The van der Waals surface area contributed by atoms with Crippen LogP contribution in [0.15, 0.2) is 0 Å². The van der Waals surface area contributed by atoms with Gasteiger partial charge >= 0.3 is 0 Å². The molecule has 5 heteroatoms. The monoisotopic (exact) mass is 643 g/mol. The minimum Gasteiger partial charge on any atom is -0.394 e. The van der Waals surface area contributed by atoms with Crippen LogP contribution in [0.2, 0.25) is 0 Å². The topological polar surface area (TPSA) is 89.8 Å². The van der Waals surface area contributed by atoms with Crippen LogP contribution in [0, 0.1) is 0 Å². The fourth-order valence-corrected chi connectivity index (χ4v) is 6.39. The molecule has 0 saturated heterocycles. The zero-order chi connectivity index (χ0) is 35.6. The number of aliphatic hydroxyl groups is 3. The van der Waals surface area contributed by atoms with Gasteiger partial charge in [-0.2, -0.15) is 0 Å². The summed E-state index contributed by atoms with van der Waals surface area (Å²) in [5.41, 5.74) is 0. The number of carbonyl (C=O) groups excluding carboxylic acids is 1. The number of rotatable bonds is 37. The number of nitrogens with one attached hydrogen (secondary N) is 1. The van der Waals surface area contributed by atoms with E-state index in [0.29, 0.717) is 19.3 Å². The molecule has 0 rings (SSSR count). The van der Waals surface area contributed by atoms with Crippen LogP contribution in [0.3, 0.4) is 0 Å². The number of unbranched alkanes of at least 4 members (excludes halogenated alkanes) is 28. The first-order valence-electron chi connectivity index (χ1n) is 21.5. The Morgan fingerprint density at radius 3 is 1.22 bits per heavy atom. The Kier molecular flexibility index (Phi) is 31.2. The van der Waals surface area contributed by atoms with Crippen LogP contribution in [0.25, 0.3) is 0 Å². The molecule has 0 saturated carbocycles. The van der Waals surface area contributed by atoms with Crippen LogP contribution in [0.4, 0.5) is 0 Å². The van der Waals surface area contributed by atoms with Gasteiger partial charge in [0.05, 0.1) is 18.8 Å². The molecule has 0 unspecified atom stereocenters. The van der Waals surface area contributed by atoms with Crippen molar-refractivity contribution >= 4 is 5.91 Å². The highest BCUT2D eigenvalue weighted by Crippen LogP contribution is 2.16. The minimum atomic E-state index is -1.75. The van der Waals surface area contributed by atoms with Crippen molar-refractivity contribution in [2.24, 2.45) is 0 Å². The van der Waals surface area contributed by atoms with E-state index in [4.69, 9.17) is 4.11 Å². The fourth-order valence-electron chi connectivity index (χ4n) is 6.39. The lowest BCUT2D eigenvalue weighted by molar-refractivity contribution is -0.124. The first kappa shape index (κ1) is 38.8. The van der Waals surface area contributed by atoms with Gasteiger partial charge < -0.3 is 20.6 Å². The second-order valence-corrected chi connectivity index (χ2v) is 14.0. The lowest BCUT2D eigenvalue weighted by atomic mass is 9.99. The third kappa shape index (κ3) is 31.7.